The number of benzene rings is 1. The summed E-state index contributed by atoms with van der Waals surface area (Å²) in [4.78, 5) is 13.0. The molecule has 5 heteroatoms. The minimum atomic E-state index is -0.507. The molecule has 0 radical (unpaired) electrons. The number of nitrogens with one attached hydrogen (secondary N) is 1. The molecular weight excluding hydrogens is 298 g/mol. The van der Waals surface area contributed by atoms with Crippen LogP contribution in [0.2, 0.25) is 0 Å². The Labute approximate surface area is 135 Å². The van der Waals surface area contributed by atoms with Gasteiger partial charge >= 0.3 is 6.09 Å². The molecule has 2 aromatic rings. The summed E-state index contributed by atoms with van der Waals surface area (Å²) in [5.41, 5.74) is 2.40. The second kappa shape index (κ2) is 6.40. The smallest absolute Gasteiger partial charge is 0.412 e. The molecule has 1 heterocycles. The molecule has 0 atom stereocenters. The van der Waals surface area contributed by atoms with Crippen molar-refractivity contribution in [1.82, 2.24) is 0 Å². The third-order valence-corrected chi connectivity index (χ3v) is 4.16. The molecule has 0 aliphatic carbocycles. The number of carbonyl (C=O) groups excluding carboxylic acids is 1. The molecule has 1 aromatic heterocycles. The number of hydrogen-bond donors (Lipinski definition) is 1. The van der Waals surface area contributed by atoms with Crippen LogP contribution in [0.4, 0.5) is 10.5 Å². The average molecular weight is 319 g/mol. The Morgan fingerprint density at radius 2 is 1.82 bits per heavy atom. The van der Waals surface area contributed by atoms with Crippen molar-refractivity contribution in [3.8, 4) is 16.2 Å². The number of thiophene rings is 1. The van der Waals surface area contributed by atoms with E-state index in [1.54, 1.807) is 18.4 Å². The van der Waals surface area contributed by atoms with Crippen molar-refractivity contribution >= 4 is 23.1 Å². The van der Waals surface area contributed by atoms with Gasteiger partial charge < -0.3 is 9.47 Å². The zero-order valence-electron chi connectivity index (χ0n) is 13.5. The van der Waals surface area contributed by atoms with E-state index in [-0.39, 0.29) is 0 Å². The fourth-order valence-electron chi connectivity index (χ4n) is 1.98. The summed E-state index contributed by atoms with van der Waals surface area (Å²) < 4.78 is 10.4. The van der Waals surface area contributed by atoms with Gasteiger partial charge in [-0.15, -0.1) is 11.3 Å². The predicted octanol–water partition coefficient (Wildman–Crippen LogP) is 5.08. The zero-order chi connectivity index (χ0) is 16.3. The molecular formula is C17H21NO3S. The lowest BCUT2D eigenvalue weighted by atomic mass is 10.1. The lowest BCUT2D eigenvalue weighted by molar-refractivity contribution is 0.0636. The van der Waals surface area contributed by atoms with Crippen LogP contribution in [0.1, 0.15) is 26.3 Å². The van der Waals surface area contributed by atoms with Crippen molar-refractivity contribution in [2.45, 2.75) is 33.3 Å². The molecule has 0 saturated carbocycles. The van der Waals surface area contributed by atoms with Gasteiger partial charge in [-0.05, 0) is 63.1 Å². The lowest BCUT2D eigenvalue weighted by Crippen LogP contribution is -2.27. The molecule has 0 aliphatic heterocycles. The summed E-state index contributed by atoms with van der Waals surface area (Å²) >= 11 is 1.59. The Hall–Kier alpha value is -2.01. The first-order valence-corrected chi connectivity index (χ1v) is 7.90. The van der Waals surface area contributed by atoms with Crippen molar-refractivity contribution in [1.29, 1.82) is 0 Å². The molecule has 22 heavy (non-hydrogen) atoms. The largest absolute Gasteiger partial charge is 0.497 e. The van der Waals surface area contributed by atoms with E-state index in [1.807, 2.05) is 57.3 Å². The highest BCUT2D eigenvalue weighted by atomic mass is 32.1. The second-order valence-electron chi connectivity index (χ2n) is 5.96. The maximum absolute atomic E-state index is 11.9. The molecule has 0 aliphatic rings. The van der Waals surface area contributed by atoms with E-state index in [4.69, 9.17) is 9.47 Å². The predicted molar refractivity (Wildman–Crippen MR) is 90.9 cm³/mol. The molecule has 118 valence electrons. The highest BCUT2D eigenvalue weighted by Crippen LogP contribution is 2.36. The molecule has 1 N–H and O–H groups in total. The molecule has 2 rings (SSSR count). The Morgan fingerprint density at radius 3 is 2.36 bits per heavy atom. The SMILES string of the molecule is COc1ccc(-c2scc(NC(=O)OC(C)(C)C)c2C)cc1. The van der Waals surface area contributed by atoms with Gasteiger partial charge in [0.25, 0.3) is 0 Å². The fourth-order valence-corrected chi connectivity index (χ4v) is 3.01. The van der Waals surface area contributed by atoms with Gasteiger partial charge in [0.1, 0.15) is 11.4 Å². The van der Waals surface area contributed by atoms with Crippen LogP contribution in [-0.2, 0) is 4.74 Å². The molecule has 0 saturated heterocycles. The zero-order valence-corrected chi connectivity index (χ0v) is 14.3. The van der Waals surface area contributed by atoms with Crippen LogP contribution in [0, 0.1) is 6.92 Å². The lowest BCUT2D eigenvalue weighted by Gasteiger charge is -2.19. The summed E-state index contributed by atoms with van der Waals surface area (Å²) in [5.74, 6) is 0.824. The highest BCUT2D eigenvalue weighted by Gasteiger charge is 2.18. The van der Waals surface area contributed by atoms with Crippen LogP contribution in [0.15, 0.2) is 29.6 Å². The van der Waals surface area contributed by atoms with Gasteiger partial charge in [0.15, 0.2) is 0 Å². The standard InChI is InChI=1S/C17H21NO3S/c1-11-14(18-16(19)21-17(2,3)4)10-22-15(11)12-6-8-13(20-5)9-7-12/h6-10H,1-5H3,(H,18,19). The number of methoxy groups -OCH3 is 1. The second-order valence-corrected chi connectivity index (χ2v) is 6.84. The van der Waals surface area contributed by atoms with E-state index in [2.05, 4.69) is 5.32 Å². The minimum Gasteiger partial charge on any atom is -0.497 e. The van der Waals surface area contributed by atoms with E-state index in [0.29, 0.717) is 0 Å². The van der Waals surface area contributed by atoms with Crippen LogP contribution < -0.4 is 10.1 Å². The summed E-state index contributed by atoms with van der Waals surface area (Å²) in [6.07, 6.45) is -0.435. The van der Waals surface area contributed by atoms with Crippen molar-refractivity contribution in [2.75, 3.05) is 12.4 Å². The van der Waals surface area contributed by atoms with Gasteiger partial charge in [-0.1, -0.05) is 0 Å². The number of amides is 1. The van der Waals surface area contributed by atoms with Crippen LogP contribution in [0.25, 0.3) is 10.4 Å². The fraction of sp³-hybridized carbons (Fsp3) is 0.353. The number of ether oxygens (including phenoxy) is 2. The van der Waals surface area contributed by atoms with E-state index in [9.17, 15) is 4.79 Å². The van der Waals surface area contributed by atoms with E-state index >= 15 is 0 Å². The third kappa shape index (κ3) is 4.01. The third-order valence-electron chi connectivity index (χ3n) is 3.03. The average Bonchev–Trinajstić information content (AvgIpc) is 2.78. The molecule has 0 fully saturated rings. The first kappa shape index (κ1) is 16.4. The normalized spacial score (nSPS) is 11.1. The van der Waals surface area contributed by atoms with Crippen molar-refractivity contribution in [3.05, 3.63) is 35.2 Å². The Bertz CT molecular complexity index is 654. The molecule has 1 amide bonds. The van der Waals surface area contributed by atoms with Gasteiger partial charge in [-0.25, -0.2) is 4.79 Å². The van der Waals surface area contributed by atoms with Crippen molar-refractivity contribution < 1.29 is 14.3 Å². The molecule has 0 bridgehead atoms. The molecule has 1 aromatic carbocycles. The van der Waals surface area contributed by atoms with Crippen LogP contribution in [-0.4, -0.2) is 18.8 Å². The van der Waals surface area contributed by atoms with Crippen molar-refractivity contribution in [3.63, 3.8) is 0 Å². The number of carbonyl (C=O) groups is 1. The number of rotatable bonds is 3. The monoisotopic (exact) mass is 319 g/mol. The van der Waals surface area contributed by atoms with Crippen LogP contribution >= 0.6 is 11.3 Å². The number of anilines is 1. The molecule has 4 nitrogen and oxygen atoms in total. The molecule has 0 unspecified atom stereocenters. The summed E-state index contributed by atoms with van der Waals surface area (Å²) in [5, 5.41) is 4.73. The van der Waals surface area contributed by atoms with E-state index in [1.165, 1.54) is 0 Å². The quantitative estimate of drug-likeness (QED) is 0.858. The summed E-state index contributed by atoms with van der Waals surface area (Å²) in [7, 11) is 1.65. The van der Waals surface area contributed by atoms with Gasteiger partial charge in [0, 0.05) is 10.3 Å². The van der Waals surface area contributed by atoms with Gasteiger partial charge in [-0.2, -0.15) is 0 Å². The Morgan fingerprint density at radius 1 is 1.18 bits per heavy atom. The van der Waals surface area contributed by atoms with Gasteiger partial charge in [0.2, 0.25) is 0 Å². The Balaban J connectivity index is 2.16. The van der Waals surface area contributed by atoms with E-state index < -0.39 is 11.7 Å². The maximum atomic E-state index is 11.9. The first-order chi connectivity index (χ1) is 10.3. The van der Waals surface area contributed by atoms with Gasteiger partial charge in [0.05, 0.1) is 12.8 Å². The van der Waals surface area contributed by atoms with Gasteiger partial charge in [-0.3, -0.25) is 5.32 Å². The van der Waals surface area contributed by atoms with E-state index in [0.717, 1.165) is 27.4 Å². The highest BCUT2D eigenvalue weighted by molar-refractivity contribution is 7.14. The number of hydrogen-bond acceptors (Lipinski definition) is 4. The van der Waals surface area contributed by atoms with Crippen molar-refractivity contribution in [2.24, 2.45) is 0 Å². The molecule has 0 spiro atoms. The summed E-state index contributed by atoms with van der Waals surface area (Å²) in [6.45, 7) is 7.52. The first-order valence-electron chi connectivity index (χ1n) is 7.02. The minimum absolute atomic E-state index is 0.435. The Kier molecular flexibility index (Phi) is 4.76. The topological polar surface area (TPSA) is 47.6 Å². The van der Waals surface area contributed by atoms with Crippen LogP contribution in [0.3, 0.4) is 0 Å². The van der Waals surface area contributed by atoms with Crippen LogP contribution in [0.5, 0.6) is 5.75 Å². The summed E-state index contributed by atoms with van der Waals surface area (Å²) in [6, 6.07) is 7.87. The maximum Gasteiger partial charge on any atom is 0.412 e.